The highest BCUT2D eigenvalue weighted by Crippen LogP contribution is 2.30. The van der Waals surface area contributed by atoms with Gasteiger partial charge in [0.1, 0.15) is 5.75 Å². The van der Waals surface area contributed by atoms with Crippen molar-refractivity contribution in [1.29, 1.82) is 0 Å². The highest BCUT2D eigenvalue weighted by atomic mass is 32.2. The van der Waals surface area contributed by atoms with Gasteiger partial charge in [-0.15, -0.1) is 0 Å². The summed E-state index contributed by atoms with van der Waals surface area (Å²) < 4.78 is 44.4. The highest BCUT2D eigenvalue weighted by molar-refractivity contribution is 7.90. The van der Waals surface area contributed by atoms with E-state index in [4.69, 9.17) is 14.2 Å². The minimum Gasteiger partial charge on any atom is -0.493 e. The summed E-state index contributed by atoms with van der Waals surface area (Å²) in [6, 6.07) is 8.19. The quantitative estimate of drug-likeness (QED) is 0.768. The van der Waals surface area contributed by atoms with E-state index in [1.807, 2.05) is 12.1 Å². The molecule has 1 N–H and O–H groups in total. The molecule has 3 aliphatic rings. The average Bonchev–Trinajstić information content (AvgIpc) is 3.54. The van der Waals surface area contributed by atoms with Gasteiger partial charge >= 0.3 is 0 Å². The zero-order valence-corrected chi connectivity index (χ0v) is 16.5. The first kappa shape index (κ1) is 19.2. The number of ether oxygens (including phenoxy) is 3. The fraction of sp³-hybridized carbons (Fsp3) is 0.700. The van der Waals surface area contributed by atoms with Gasteiger partial charge in [-0.25, -0.2) is 13.1 Å². The Kier molecular flexibility index (Phi) is 6.02. The van der Waals surface area contributed by atoms with Crippen LogP contribution >= 0.6 is 0 Å². The van der Waals surface area contributed by atoms with Crippen molar-refractivity contribution in [3.63, 3.8) is 0 Å². The van der Waals surface area contributed by atoms with Gasteiger partial charge < -0.3 is 14.2 Å². The van der Waals surface area contributed by atoms with Crippen LogP contribution in [-0.2, 0) is 19.5 Å². The third kappa shape index (κ3) is 5.02. The molecule has 3 fully saturated rings. The summed E-state index contributed by atoms with van der Waals surface area (Å²) in [7, 11) is -3.19. The largest absolute Gasteiger partial charge is 0.493 e. The number of hydrogen-bond acceptors (Lipinski definition) is 5. The molecule has 0 unspecified atom stereocenters. The molecule has 2 atom stereocenters. The zero-order chi connectivity index (χ0) is 18.7. The summed E-state index contributed by atoms with van der Waals surface area (Å²) >= 11 is 0. The van der Waals surface area contributed by atoms with Crippen molar-refractivity contribution in [2.45, 2.75) is 49.3 Å². The molecule has 150 valence electrons. The standard InChI is InChI=1S/C20H29NO5S/c22-27(23,19-5-6-19)21-20-9-12-25-13-17(20)14-26-18-3-1-15(2-4-18)16-7-10-24-11-8-16/h1-4,16-17,19-21H,5-14H2/t17-,20+/m1/s1. The fourth-order valence-corrected chi connectivity index (χ4v) is 5.55. The van der Waals surface area contributed by atoms with Crippen LogP contribution in [0.5, 0.6) is 5.75 Å². The van der Waals surface area contributed by atoms with Crippen LogP contribution in [-0.4, -0.2) is 52.7 Å². The van der Waals surface area contributed by atoms with Crippen LogP contribution in [0.3, 0.4) is 0 Å². The molecular formula is C20H29NO5S. The molecule has 2 saturated heterocycles. The summed E-state index contributed by atoms with van der Waals surface area (Å²) in [5.41, 5.74) is 1.33. The van der Waals surface area contributed by atoms with Gasteiger partial charge in [0.05, 0.1) is 18.5 Å². The van der Waals surface area contributed by atoms with Crippen LogP contribution in [0.4, 0.5) is 0 Å². The number of hydrogen-bond donors (Lipinski definition) is 1. The van der Waals surface area contributed by atoms with Gasteiger partial charge in [0.2, 0.25) is 10.0 Å². The molecule has 6 nitrogen and oxygen atoms in total. The molecule has 4 rings (SSSR count). The summed E-state index contributed by atoms with van der Waals surface area (Å²) in [6.07, 6.45) is 4.39. The van der Waals surface area contributed by atoms with E-state index in [-0.39, 0.29) is 17.2 Å². The van der Waals surface area contributed by atoms with Gasteiger partial charge in [-0.05, 0) is 55.7 Å². The van der Waals surface area contributed by atoms with Crippen LogP contribution < -0.4 is 9.46 Å². The smallest absolute Gasteiger partial charge is 0.214 e. The van der Waals surface area contributed by atoms with Crippen LogP contribution in [0, 0.1) is 5.92 Å². The van der Waals surface area contributed by atoms with Gasteiger partial charge in [0.15, 0.2) is 0 Å². The van der Waals surface area contributed by atoms with Crippen molar-refractivity contribution in [3.05, 3.63) is 29.8 Å². The third-order valence-corrected chi connectivity index (χ3v) is 7.77. The molecule has 7 heteroatoms. The van der Waals surface area contributed by atoms with Crippen LogP contribution in [0.1, 0.15) is 43.6 Å². The first-order valence-corrected chi connectivity index (χ1v) is 11.6. The van der Waals surface area contributed by atoms with E-state index in [0.29, 0.717) is 32.2 Å². The van der Waals surface area contributed by atoms with E-state index in [1.54, 1.807) is 0 Å². The second kappa shape index (κ2) is 8.47. The van der Waals surface area contributed by atoms with Crippen molar-refractivity contribution >= 4 is 10.0 Å². The van der Waals surface area contributed by atoms with Crippen molar-refractivity contribution < 1.29 is 22.6 Å². The lowest BCUT2D eigenvalue weighted by molar-refractivity contribution is 0.0186. The first-order valence-electron chi connectivity index (χ1n) is 10.0. The lowest BCUT2D eigenvalue weighted by Crippen LogP contribution is -2.48. The maximum Gasteiger partial charge on any atom is 0.214 e. The van der Waals surface area contributed by atoms with Gasteiger partial charge in [-0.1, -0.05) is 12.1 Å². The predicted octanol–water partition coefficient (Wildman–Crippen LogP) is 2.45. The van der Waals surface area contributed by atoms with Gasteiger partial charge in [-0.2, -0.15) is 0 Å². The molecule has 0 radical (unpaired) electrons. The van der Waals surface area contributed by atoms with Gasteiger partial charge in [0, 0.05) is 31.8 Å². The number of sulfonamides is 1. The van der Waals surface area contributed by atoms with E-state index >= 15 is 0 Å². The molecule has 0 aromatic heterocycles. The second-order valence-electron chi connectivity index (χ2n) is 7.86. The minimum atomic E-state index is -3.19. The lowest BCUT2D eigenvalue weighted by atomic mass is 9.92. The van der Waals surface area contributed by atoms with Gasteiger partial charge in [0.25, 0.3) is 0 Å². The van der Waals surface area contributed by atoms with E-state index in [0.717, 1.165) is 44.6 Å². The molecule has 1 aromatic rings. The molecule has 2 aliphatic heterocycles. The zero-order valence-electron chi connectivity index (χ0n) is 15.6. The van der Waals surface area contributed by atoms with E-state index in [1.165, 1.54) is 5.56 Å². The number of nitrogens with one attached hydrogen (secondary N) is 1. The molecule has 0 spiro atoms. The van der Waals surface area contributed by atoms with E-state index in [9.17, 15) is 8.42 Å². The summed E-state index contributed by atoms with van der Waals surface area (Å²) in [5.74, 6) is 1.42. The Bertz CT molecular complexity index is 710. The Hall–Kier alpha value is -1.15. The van der Waals surface area contributed by atoms with Crippen LogP contribution in [0.15, 0.2) is 24.3 Å². The molecule has 1 aliphatic carbocycles. The molecular weight excluding hydrogens is 366 g/mol. The first-order chi connectivity index (χ1) is 13.1. The Morgan fingerprint density at radius 3 is 2.37 bits per heavy atom. The maximum atomic E-state index is 12.3. The Balaban J connectivity index is 1.32. The van der Waals surface area contributed by atoms with E-state index < -0.39 is 10.0 Å². The van der Waals surface area contributed by atoms with Gasteiger partial charge in [-0.3, -0.25) is 0 Å². The second-order valence-corrected chi connectivity index (χ2v) is 9.85. The summed E-state index contributed by atoms with van der Waals surface area (Å²) in [6.45, 7) is 3.24. The molecule has 2 heterocycles. The van der Waals surface area contributed by atoms with Crippen molar-refractivity contribution in [2.24, 2.45) is 5.92 Å². The third-order valence-electron chi connectivity index (χ3n) is 5.79. The van der Waals surface area contributed by atoms with Crippen LogP contribution in [0.25, 0.3) is 0 Å². The van der Waals surface area contributed by atoms with Crippen molar-refractivity contribution in [1.82, 2.24) is 4.72 Å². The highest BCUT2D eigenvalue weighted by Gasteiger charge is 2.39. The number of rotatable bonds is 7. The Labute approximate surface area is 161 Å². The fourth-order valence-electron chi connectivity index (χ4n) is 3.87. The molecule has 0 bridgehead atoms. The molecule has 0 amide bonds. The van der Waals surface area contributed by atoms with Crippen LogP contribution in [0.2, 0.25) is 0 Å². The Morgan fingerprint density at radius 1 is 0.963 bits per heavy atom. The maximum absolute atomic E-state index is 12.3. The SMILES string of the molecule is O=S(=O)(N[C@H]1CCOC[C@@H]1COc1ccc(C2CCOCC2)cc1)C1CC1. The van der Waals surface area contributed by atoms with E-state index in [2.05, 4.69) is 16.9 Å². The molecule has 1 saturated carbocycles. The Morgan fingerprint density at radius 2 is 1.67 bits per heavy atom. The minimum absolute atomic E-state index is 0.0300. The van der Waals surface area contributed by atoms with Crippen molar-refractivity contribution in [3.8, 4) is 5.75 Å². The average molecular weight is 396 g/mol. The monoisotopic (exact) mass is 395 g/mol. The topological polar surface area (TPSA) is 73.9 Å². The normalized spacial score (nSPS) is 27.4. The van der Waals surface area contributed by atoms with Crippen molar-refractivity contribution in [2.75, 3.05) is 33.0 Å². The lowest BCUT2D eigenvalue weighted by Gasteiger charge is -2.31. The number of benzene rings is 1. The predicted molar refractivity (Wildman–Crippen MR) is 103 cm³/mol. The molecule has 1 aromatic carbocycles. The summed E-state index contributed by atoms with van der Waals surface area (Å²) in [5, 5.41) is -0.195. The molecule has 27 heavy (non-hydrogen) atoms. The summed E-state index contributed by atoms with van der Waals surface area (Å²) in [4.78, 5) is 0.